The Labute approximate surface area is 134 Å². The van der Waals surface area contributed by atoms with Crippen LogP contribution in [0.1, 0.15) is 30.1 Å². The quantitative estimate of drug-likeness (QED) is 0.854. The molecule has 2 amide bonds. The Bertz CT molecular complexity index is 602. The Morgan fingerprint density at radius 1 is 1.39 bits per heavy atom. The number of hydrogen-bond acceptors (Lipinski definition) is 4. The first-order valence-corrected chi connectivity index (χ1v) is 7.52. The average molecular weight is 320 g/mol. The van der Waals surface area contributed by atoms with E-state index in [1.165, 1.54) is 0 Å². The second-order valence-electron chi connectivity index (χ2n) is 5.32. The molecule has 1 aromatic carbocycles. The number of carbonyl (C=O) groups excluding carboxylic acids is 2. The minimum Gasteiger partial charge on any atom is -0.481 e. The van der Waals surface area contributed by atoms with Crippen molar-refractivity contribution in [3.63, 3.8) is 0 Å². The smallest absolute Gasteiger partial charge is 0.306 e. The topological polar surface area (TPSA) is 95.9 Å². The van der Waals surface area contributed by atoms with Crippen LogP contribution in [0.2, 0.25) is 0 Å². The molecule has 1 aliphatic heterocycles. The van der Waals surface area contributed by atoms with Gasteiger partial charge in [-0.2, -0.15) is 0 Å². The maximum Gasteiger partial charge on any atom is 0.306 e. The van der Waals surface area contributed by atoms with Crippen molar-refractivity contribution in [1.82, 2.24) is 4.90 Å². The van der Waals surface area contributed by atoms with Crippen LogP contribution in [-0.4, -0.2) is 53.6 Å². The molecule has 1 saturated heterocycles. The predicted octanol–water partition coefficient (Wildman–Crippen LogP) is 1.35. The number of nitrogens with one attached hydrogen (secondary N) is 1. The summed E-state index contributed by atoms with van der Waals surface area (Å²) in [6.45, 7) is 2.73. The largest absolute Gasteiger partial charge is 0.481 e. The number of anilines is 1. The lowest BCUT2D eigenvalue weighted by molar-refractivity contribution is -0.141. The summed E-state index contributed by atoms with van der Waals surface area (Å²) in [5, 5.41) is 11.5. The second-order valence-corrected chi connectivity index (χ2v) is 5.32. The molecule has 7 nitrogen and oxygen atoms in total. The van der Waals surface area contributed by atoms with Crippen molar-refractivity contribution in [1.29, 1.82) is 0 Å². The van der Waals surface area contributed by atoms with Crippen molar-refractivity contribution in [3.05, 3.63) is 29.8 Å². The van der Waals surface area contributed by atoms with Gasteiger partial charge in [-0.25, -0.2) is 0 Å². The molecule has 0 saturated carbocycles. The third-order valence-corrected chi connectivity index (χ3v) is 3.54. The molecule has 1 fully saturated rings. The van der Waals surface area contributed by atoms with Crippen LogP contribution in [0.5, 0.6) is 0 Å². The number of nitrogens with zero attached hydrogens (tertiary/aromatic N) is 1. The number of carboxylic acids is 1. The van der Waals surface area contributed by atoms with Gasteiger partial charge in [-0.1, -0.05) is 13.0 Å². The van der Waals surface area contributed by atoms with Gasteiger partial charge in [-0.05, 0) is 18.2 Å². The zero-order valence-electron chi connectivity index (χ0n) is 12.9. The van der Waals surface area contributed by atoms with Crippen molar-refractivity contribution < 1.29 is 24.2 Å². The van der Waals surface area contributed by atoms with Gasteiger partial charge in [0.05, 0.1) is 19.1 Å². The normalized spacial score (nSPS) is 17.6. The number of benzene rings is 1. The highest BCUT2D eigenvalue weighted by Crippen LogP contribution is 2.16. The van der Waals surface area contributed by atoms with Crippen LogP contribution >= 0.6 is 0 Å². The van der Waals surface area contributed by atoms with Gasteiger partial charge in [-0.3, -0.25) is 14.4 Å². The summed E-state index contributed by atoms with van der Waals surface area (Å²) < 4.78 is 5.36. The van der Waals surface area contributed by atoms with E-state index >= 15 is 0 Å². The monoisotopic (exact) mass is 320 g/mol. The highest BCUT2D eigenvalue weighted by atomic mass is 16.5. The van der Waals surface area contributed by atoms with Crippen LogP contribution in [0.25, 0.3) is 0 Å². The molecule has 0 spiro atoms. The average Bonchev–Trinajstić information content (AvgIpc) is 2.54. The lowest BCUT2D eigenvalue weighted by Gasteiger charge is -2.32. The number of carboxylic acid groups (broad SMARTS) is 1. The van der Waals surface area contributed by atoms with Crippen molar-refractivity contribution in [2.45, 2.75) is 25.9 Å². The fourth-order valence-corrected chi connectivity index (χ4v) is 2.38. The van der Waals surface area contributed by atoms with Gasteiger partial charge in [0, 0.05) is 30.8 Å². The number of aliphatic carboxylic acids is 1. The first kappa shape index (κ1) is 17.0. The third kappa shape index (κ3) is 4.79. The van der Waals surface area contributed by atoms with Gasteiger partial charge in [0.25, 0.3) is 5.91 Å². The summed E-state index contributed by atoms with van der Waals surface area (Å²) in [6.07, 6.45) is -0.261. The summed E-state index contributed by atoms with van der Waals surface area (Å²) in [4.78, 5) is 36.3. The molecule has 1 atom stereocenters. The van der Waals surface area contributed by atoms with Gasteiger partial charge in [-0.15, -0.1) is 0 Å². The Hall–Kier alpha value is -2.41. The molecule has 0 radical (unpaired) electrons. The Kier molecular flexibility index (Phi) is 5.70. The van der Waals surface area contributed by atoms with Gasteiger partial charge in [0.1, 0.15) is 0 Å². The van der Waals surface area contributed by atoms with E-state index in [1.807, 2.05) is 0 Å². The molecule has 0 aliphatic carbocycles. The van der Waals surface area contributed by atoms with E-state index in [0.29, 0.717) is 30.8 Å². The number of ether oxygens (including phenoxy) is 1. The number of carbonyl (C=O) groups is 3. The molecule has 1 aromatic rings. The van der Waals surface area contributed by atoms with E-state index in [9.17, 15) is 14.4 Å². The van der Waals surface area contributed by atoms with Crippen LogP contribution in [-0.2, 0) is 14.3 Å². The molecular weight excluding hydrogens is 300 g/mol. The summed E-state index contributed by atoms with van der Waals surface area (Å²) in [6, 6.07) is 6.72. The number of morpholine rings is 1. The SMILES string of the molecule is CCC(=O)Nc1cccc(C(=O)N2CCOC(CC(=O)O)C2)c1. The highest BCUT2D eigenvalue weighted by Gasteiger charge is 2.26. The van der Waals surface area contributed by atoms with E-state index in [2.05, 4.69) is 5.32 Å². The molecule has 1 heterocycles. The maximum atomic E-state index is 12.5. The Balaban J connectivity index is 2.06. The van der Waals surface area contributed by atoms with Gasteiger partial charge in [0.2, 0.25) is 5.91 Å². The standard InChI is InChI=1S/C16H20N2O5/c1-2-14(19)17-12-5-3-4-11(8-12)16(22)18-6-7-23-13(10-18)9-15(20)21/h3-5,8,13H,2,6-7,9-10H2,1H3,(H,17,19)(H,20,21). The second kappa shape index (κ2) is 7.73. The first-order chi connectivity index (χ1) is 11.0. The lowest BCUT2D eigenvalue weighted by atomic mass is 10.1. The van der Waals surface area contributed by atoms with Gasteiger partial charge in [0.15, 0.2) is 0 Å². The van der Waals surface area contributed by atoms with E-state index in [-0.39, 0.29) is 24.8 Å². The Morgan fingerprint density at radius 2 is 2.17 bits per heavy atom. The lowest BCUT2D eigenvalue weighted by Crippen LogP contribution is -2.46. The van der Waals surface area contributed by atoms with Crippen LogP contribution in [0.3, 0.4) is 0 Å². The minimum atomic E-state index is -0.950. The van der Waals surface area contributed by atoms with E-state index in [1.54, 1.807) is 36.1 Å². The van der Waals surface area contributed by atoms with Crippen molar-refractivity contribution in [2.24, 2.45) is 0 Å². The van der Waals surface area contributed by atoms with Gasteiger partial charge < -0.3 is 20.1 Å². The van der Waals surface area contributed by atoms with Crippen LogP contribution in [0.15, 0.2) is 24.3 Å². The highest BCUT2D eigenvalue weighted by molar-refractivity contribution is 5.97. The Morgan fingerprint density at radius 3 is 2.87 bits per heavy atom. The van der Waals surface area contributed by atoms with E-state index in [4.69, 9.17) is 9.84 Å². The van der Waals surface area contributed by atoms with Crippen molar-refractivity contribution in [2.75, 3.05) is 25.0 Å². The zero-order valence-corrected chi connectivity index (χ0v) is 12.9. The molecule has 124 valence electrons. The molecule has 23 heavy (non-hydrogen) atoms. The summed E-state index contributed by atoms with van der Waals surface area (Å²) >= 11 is 0. The molecule has 0 bridgehead atoms. The molecule has 1 unspecified atom stereocenters. The summed E-state index contributed by atoms with van der Waals surface area (Å²) in [7, 11) is 0. The predicted molar refractivity (Wildman–Crippen MR) is 83.3 cm³/mol. The van der Waals surface area contributed by atoms with Crippen molar-refractivity contribution >= 4 is 23.5 Å². The van der Waals surface area contributed by atoms with Crippen molar-refractivity contribution in [3.8, 4) is 0 Å². The third-order valence-electron chi connectivity index (χ3n) is 3.54. The fraction of sp³-hybridized carbons (Fsp3) is 0.438. The maximum absolute atomic E-state index is 12.5. The summed E-state index contributed by atoms with van der Waals surface area (Å²) in [5.41, 5.74) is 1.02. The van der Waals surface area contributed by atoms with Crippen LogP contribution in [0, 0.1) is 0 Å². The molecular formula is C16H20N2O5. The number of hydrogen-bond donors (Lipinski definition) is 2. The fourth-order valence-electron chi connectivity index (χ4n) is 2.38. The molecule has 2 N–H and O–H groups in total. The number of rotatable bonds is 5. The van der Waals surface area contributed by atoms with E-state index in [0.717, 1.165) is 0 Å². The molecule has 2 rings (SSSR count). The summed E-state index contributed by atoms with van der Waals surface area (Å²) in [5.74, 6) is -1.27. The zero-order chi connectivity index (χ0) is 16.8. The first-order valence-electron chi connectivity index (χ1n) is 7.52. The van der Waals surface area contributed by atoms with Crippen LogP contribution < -0.4 is 5.32 Å². The van der Waals surface area contributed by atoms with Crippen LogP contribution in [0.4, 0.5) is 5.69 Å². The number of amides is 2. The molecule has 7 heteroatoms. The minimum absolute atomic E-state index is 0.123. The van der Waals surface area contributed by atoms with E-state index < -0.39 is 12.1 Å². The molecule has 1 aliphatic rings. The molecule has 0 aromatic heterocycles. The van der Waals surface area contributed by atoms with Gasteiger partial charge >= 0.3 is 5.97 Å².